The Morgan fingerprint density at radius 1 is 0.402 bits per heavy atom. The van der Waals surface area contributed by atoms with Crippen molar-refractivity contribution in [3.05, 3.63) is 97.2 Å². The first kappa shape index (κ1) is 82.9. The molecule has 3 rings (SSSR count). The van der Waals surface area contributed by atoms with Crippen LogP contribution < -0.4 is 5.32 Å². The zero-order valence-electron chi connectivity index (χ0n) is 56.0. The van der Waals surface area contributed by atoms with Crippen LogP contribution in [0.5, 0.6) is 0 Å². The van der Waals surface area contributed by atoms with E-state index in [4.69, 9.17) is 28.4 Å². The van der Waals surface area contributed by atoms with Crippen molar-refractivity contribution in [2.75, 3.05) is 26.4 Å². The summed E-state index contributed by atoms with van der Waals surface area (Å²) in [5.41, 5.74) is 0. The van der Waals surface area contributed by atoms with E-state index in [0.717, 1.165) is 51.4 Å². The van der Waals surface area contributed by atoms with Gasteiger partial charge in [-0.15, -0.1) is 0 Å². The van der Waals surface area contributed by atoms with E-state index in [1.165, 1.54) is 141 Å². The standard InChI is InChI=1S/C73H125NO18/c1-3-5-7-9-11-13-15-17-19-20-21-22-23-24-25-26-27-28-29-30-31-32-33-34-35-37-38-40-42-44-46-48-50-57(78)56(74-61(79)51-49-47-45-43-41-39-36-18-16-14-12-10-8-6-4-2)55-87-71-67(85)64(82)69(59(53-76)89-71)92-73-68(86)65(83)70(60(54-77)90-73)91-72-66(84)63(81)62(80)58(52-75)88-72/h6,8,12,14,18,34-36,40-43,47-50,56-60,62-73,75-78,80-86H,3-5,7,9-11,13,15-17,19-33,37-39,44-46,51-55H2,1-2H3,(H,74,79)/b8-6-,14-12-,35-34+,36-18-,42-40+,43-41-,49-47-,50-48+. The number of nitrogens with one attached hydrogen (secondary N) is 1. The minimum Gasteiger partial charge on any atom is -0.394 e. The van der Waals surface area contributed by atoms with Gasteiger partial charge < -0.3 is 89.9 Å². The Morgan fingerprint density at radius 2 is 0.761 bits per heavy atom. The molecule has 3 heterocycles. The highest BCUT2D eigenvalue weighted by Gasteiger charge is 2.53. The van der Waals surface area contributed by atoms with Gasteiger partial charge in [-0.3, -0.25) is 4.79 Å². The van der Waals surface area contributed by atoms with Crippen LogP contribution in [0.15, 0.2) is 97.2 Å². The molecule has 0 saturated carbocycles. The normalized spacial score (nSPS) is 28.3. The van der Waals surface area contributed by atoms with Crippen molar-refractivity contribution in [2.45, 2.75) is 330 Å². The lowest BCUT2D eigenvalue weighted by Crippen LogP contribution is -2.66. The number of hydrogen-bond acceptors (Lipinski definition) is 18. The smallest absolute Gasteiger partial charge is 0.224 e. The van der Waals surface area contributed by atoms with Gasteiger partial charge in [-0.2, -0.15) is 0 Å². The highest BCUT2D eigenvalue weighted by molar-refractivity contribution is 5.77. The van der Waals surface area contributed by atoms with E-state index < -0.39 is 137 Å². The summed E-state index contributed by atoms with van der Waals surface area (Å²) >= 11 is 0. The molecule has 530 valence electrons. The minimum absolute atomic E-state index is 0.00543. The first-order valence-corrected chi connectivity index (χ1v) is 35.5. The Kier molecular flexibility index (Phi) is 48.5. The van der Waals surface area contributed by atoms with Crippen molar-refractivity contribution in [1.82, 2.24) is 5.32 Å². The average Bonchev–Trinajstić information content (AvgIpc) is 0.837. The number of amides is 1. The van der Waals surface area contributed by atoms with Crippen LogP contribution in [-0.2, 0) is 33.2 Å². The van der Waals surface area contributed by atoms with Crippen molar-refractivity contribution in [2.24, 2.45) is 0 Å². The van der Waals surface area contributed by atoms with Crippen LogP contribution in [0.2, 0.25) is 0 Å². The molecule has 3 fully saturated rings. The van der Waals surface area contributed by atoms with Crippen LogP contribution in [0.1, 0.15) is 226 Å². The number of aliphatic hydroxyl groups is 11. The fourth-order valence-corrected chi connectivity index (χ4v) is 11.4. The van der Waals surface area contributed by atoms with Crippen molar-refractivity contribution in [1.29, 1.82) is 0 Å². The summed E-state index contributed by atoms with van der Waals surface area (Å²) in [4.78, 5) is 13.3. The van der Waals surface area contributed by atoms with Crippen LogP contribution in [0.25, 0.3) is 0 Å². The van der Waals surface area contributed by atoms with Gasteiger partial charge in [0.05, 0.1) is 38.6 Å². The van der Waals surface area contributed by atoms with E-state index in [0.29, 0.717) is 12.8 Å². The van der Waals surface area contributed by atoms with Crippen LogP contribution in [-0.4, -0.2) is 193 Å². The summed E-state index contributed by atoms with van der Waals surface area (Å²) in [5.74, 6) is -0.419. The minimum atomic E-state index is -2.00. The third-order valence-corrected chi connectivity index (χ3v) is 17.1. The summed E-state index contributed by atoms with van der Waals surface area (Å²) in [6, 6.07) is -1.06. The van der Waals surface area contributed by atoms with Gasteiger partial charge in [0.25, 0.3) is 0 Å². The van der Waals surface area contributed by atoms with Gasteiger partial charge in [0.2, 0.25) is 5.91 Å². The van der Waals surface area contributed by atoms with Crippen LogP contribution in [0.4, 0.5) is 0 Å². The van der Waals surface area contributed by atoms with E-state index in [-0.39, 0.29) is 6.42 Å². The van der Waals surface area contributed by atoms with Gasteiger partial charge in [0, 0.05) is 6.42 Å². The lowest BCUT2D eigenvalue weighted by Gasteiger charge is -2.48. The highest BCUT2D eigenvalue weighted by atomic mass is 16.8. The number of ether oxygens (including phenoxy) is 6. The molecule has 12 N–H and O–H groups in total. The average molecular weight is 1300 g/mol. The van der Waals surface area contributed by atoms with Crippen molar-refractivity contribution >= 4 is 5.91 Å². The number of rotatable bonds is 53. The van der Waals surface area contributed by atoms with E-state index >= 15 is 0 Å². The SMILES string of the molecule is CC/C=C\C/C=C\C/C=C\C/C=C\C/C=C\CC(=O)NC(COC1OC(CO)C(OC2OC(CO)C(OC3OC(CO)C(O)C(O)C3O)C(O)C2O)C(O)C1O)C(O)/C=C/CC/C=C/CC/C=C/CCCCCCCCCCCCCCCCCCCCCCCC. The van der Waals surface area contributed by atoms with Crippen molar-refractivity contribution < 1.29 is 89.4 Å². The molecule has 19 heteroatoms. The number of carbonyl (C=O) groups is 1. The topological polar surface area (TPSA) is 307 Å². The van der Waals surface area contributed by atoms with Crippen LogP contribution in [0, 0.1) is 0 Å². The van der Waals surface area contributed by atoms with Gasteiger partial charge in [0.15, 0.2) is 18.9 Å². The maximum absolute atomic E-state index is 13.3. The second-order valence-electron chi connectivity index (χ2n) is 25.0. The summed E-state index contributed by atoms with van der Waals surface area (Å²) in [5, 5.41) is 120. The van der Waals surface area contributed by atoms with Crippen molar-refractivity contribution in [3.63, 3.8) is 0 Å². The molecular weight excluding hydrogens is 1180 g/mol. The molecule has 0 radical (unpaired) electrons. The van der Waals surface area contributed by atoms with Crippen molar-refractivity contribution in [3.8, 4) is 0 Å². The summed E-state index contributed by atoms with van der Waals surface area (Å²) in [7, 11) is 0. The maximum Gasteiger partial charge on any atom is 0.224 e. The van der Waals surface area contributed by atoms with Gasteiger partial charge in [-0.25, -0.2) is 0 Å². The molecule has 0 aromatic carbocycles. The zero-order valence-corrected chi connectivity index (χ0v) is 56.0. The third-order valence-electron chi connectivity index (χ3n) is 17.1. The zero-order chi connectivity index (χ0) is 66.8. The Labute approximate surface area is 552 Å². The molecular formula is C73H125NO18. The first-order chi connectivity index (χ1) is 44.8. The molecule has 92 heavy (non-hydrogen) atoms. The molecule has 3 saturated heterocycles. The monoisotopic (exact) mass is 1300 g/mol. The Bertz CT molecular complexity index is 2040. The van der Waals surface area contributed by atoms with Crippen LogP contribution in [0.3, 0.4) is 0 Å². The van der Waals surface area contributed by atoms with E-state index in [1.807, 2.05) is 24.3 Å². The molecule has 19 nitrogen and oxygen atoms in total. The molecule has 17 atom stereocenters. The maximum atomic E-state index is 13.3. The van der Waals surface area contributed by atoms with E-state index in [1.54, 1.807) is 12.2 Å². The van der Waals surface area contributed by atoms with Gasteiger partial charge >= 0.3 is 0 Å². The highest BCUT2D eigenvalue weighted by Crippen LogP contribution is 2.33. The first-order valence-electron chi connectivity index (χ1n) is 35.5. The predicted molar refractivity (Wildman–Crippen MR) is 360 cm³/mol. The Morgan fingerprint density at radius 3 is 1.20 bits per heavy atom. The van der Waals surface area contributed by atoms with E-state index in [2.05, 4.69) is 79.9 Å². The number of hydrogen-bond donors (Lipinski definition) is 12. The number of unbranched alkanes of at least 4 members (excludes halogenated alkanes) is 24. The van der Waals surface area contributed by atoms with Crippen LogP contribution >= 0.6 is 0 Å². The molecule has 17 unspecified atom stereocenters. The van der Waals surface area contributed by atoms with Gasteiger partial charge in [-0.05, 0) is 70.6 Å². The lowest BCUT2D eigenvalue weighted by molar-refractivity contribution is -0.379. The Hall–Kier alpha value is -3.29. The fraction of sp³-hybridized carbons (Fsp3) is 0.767. The summed E-state index contributed by atoms with van der Waals surface area (Å²) in [6.45, 7) is 1.51. The molecule has 0 bridgehead atoms. The second-order valence-corrected chi connectivity index (χ2v) is 25.0. The molecule has 0 aliphatic carbocycles. The van der Waals surface area contributed by atoms with E-state index in [9.17, 15) is 61.0 Å². The number of carbonyl (C=O) groups excluding carboxylic acids is 1. The summed E-state index contributed by atoms with van der Waals surface area (Å²) < 4.78 is 34.2. The quantitative estimate of drug-likeness (QED) is 0.0199. The molecule has 3 aliphatic heterocycles. The summed E-state index contributed by atoms with van der Waals surface area (Å²) in [6.07, 6.45) is 44.5. The fourth-order valence-electron chi connectivity index (χ4n) is 11.4. The largest absolute Gasteiger partial charge is 0.394 e. The second kappa shape index (κ2) is 53.8. The number of aliphatic hydroxyl groups excluding tert-OH is 11. The Balaban J connectivity index is 1.43. The molecule has 0 aromatic rings. The van der Waals surface area contributed by atoms with Gasteiger partial charge in [0.1, 0.15) is 73.2 Å². The molecule has 3 aliphatic rings. The predicted octanol–water partition coefficient (Wildman–Crippen LogP) is 9.66. The molecule has 1 amide bonds. The van der Waals surface area contributed by atoms with Gasteiger partial charge in [-0.1, -0.05) is 246 Å². The third kappa shape index (κ3) is 35.1. The molecule has 0 spiro atoms. The molecule has 0 aromatic heterocycles. The number of allylic oxidation sites excluding steroid dienone is 14. The lowest BCUT2D eigenvalue weighted by atomic mass is 9.96.